The van der Waals surface area contributed by atoms with Crippen molar-refractivity contribution in [2.24, 2.45) is 11.8 Å². The number of phenols is 4. The van der Waals surface area contributed by atoms with Crippen LogP contribution < -0.4 is 4.78 Å². The van der Waals surface area contributed by atoms with Gasteiger partial charge in [-0.25, -0.2) is 0 Å². The normalized spacial score (nSPS) is 17.7. The molecule has 4 aromatic carbocycles. The largest absolute Gasteiger partial charge is 0.507 e. The highest BCUT2D eigenvalue weighted by Crippen LogP contribution is 2.52. The Morgan fingerprint density at radius 1 is 0.652 bits per heavy atom. The number of aromatic hydroxyl groups is 4. The standard InChI is InChI=1S/C29H34O2S.C21H29BrO2.C8H7BO2S.CH4/c1-5-6-7-11-21-16-24(30)28(23-15-19(4)13-14-22(23)18(2)3)29(31)27(21)26-17-20-10-8-9-12-25(20)32-26;1-5-6-7-8-15-12-18(23)19(21(24)20(15)22)17-11-14(4)9-10-16(17)13(2)3;10-9(11)8-5-6-3-1-2-4-7(6)12-8;/h8-10,12,15-17,22-23,30-31H,2,5-7,11,13-14H2,1,3-4H3;11-12,16-17,23-24H,2,5-10H2,1,3-4H3;1-5,10-11H;1H4/t22-,23+;16-,17+;;/m00../s1. The van der Waals surface area contributed by atoms with Crippen LogP contribution in [0.4, 0.5) is 0 Å². The van der Waals surface area contributed by atoms with Crippen molar-refractivity contribution in [1.82, 2.24) is 0 Å². The smallest absolute Gasteiger partial charge is 0.499 e. The summed E-state index contributed by atoms with van der Waals surface area (Å²) in [5, 5.41) is 64.3. The van der Waals surface area contributed by atoms with Crippen LogP contribution in [0.1, 0.15) is 147 Å². The van der Waals surface area contributed by atoms with E-state index in [4.69, 9.17) is 10.0 Å². The molecule has 8 rings (SSSR count). The van der Waals surface area contributed by atoms with E-state index in [0.717, 1.165) is 124 Å². The van der Waals surface area contributed by atoms with Gasteiger partial charge in [-0.2, -0.15) is 0 Å². The molecule has 2 aromatic heterocycles. The fourth-order valence-corrected chi connectivity index (χ4v) is 12.5. The first-order valence-electron chi connectivity index (χ1n) is 24.3. The van der Waals surface area contributed by atoms with Crippen LogP contribution in [0.5, 0.6) is 23.0 Å². The molecule has 6 aromatic rings. The highest BCUT2D eigenvalue weighted by Gasteiger charge is 2.33. The van der Waals surface area contributed by atoms with E-state index in [1.807, 2.05) is 43.3 Å². The maximum atomic E-state index is 11.7. The second kappa shape index (κ2) is 25.5. The summed E-state index contributed by atoms with van der Waals surface area (Å²) in [6.45, 7) is 21.1. The van der Waals surface area contributed by atoms with Gasteiger partial charge in [-0.05, 0) is 165 Å². The second-order valence-corrected chi connectivity index (χ2v) is 22.0. The van der Waals surface area contributed by atoms with Gasteiger partial charge in [-0.3, -0.25) is 0 Å². The Morgan fingerprint density at radius 3 is 1.59 bits per heavy atom. The van der Waals surface area contributed by atoms with Gasteiger partial charge in [0.05, 0.1) is 4.47 Å². The van der Waals surface area contributed by atoms with Gasteiger partial charge < -0.3 is 30.5 Å². The molecule has 4 atom stereocenters. The Hall–Kier alpha value is -4.58. The summed E-state index contributed by atoms with van der Waals surface area (Å²) in [4.78, 5) is 1.07. The lowest BCUT2D eigenvalue weighted by atomic mass is 9.73. The highest BCUT2D eigenvalue weighted by molar-refractivity contribution is 9.10. The minimum atomic E-state index is -1.35. The molecule has 0 spiro atoms. The van der Waals surface area contributed by atoms with Crippen molar-refractivity contribution in [2.75, 3.05) is 0 Å². The van der Waals surface area contributed by atoms with E-state index in [9.17, 15) is 20.4 Å². The maximum absolute atomic E-state index is 11.7. The van der Waals surface area contributed by atoms with Crippen molar-refractivity contribution in [3.63, 3.8) is 0 Å². The molecule has 2 aliphatic carbocycles. The van der Waals surface area contributed by atoms with Gasteiger partial charge in [0, 0.05) is 47.6 Å². The van der Waals surface area contributed by atoms with E-state index in [2.05, 4.69) is 106 Å². The van der Waals surface area contributed by atoms with Crippen molar-refractivity contribution in [1.29, 1.82) is 0 Å². The molecule has 0 unspecified atom stereocenters. The van der Waals surface area contributed by atoms with Crippen LogP contribution in [0.3, 0.4) is 0 Å². The molecule has 0 saturated heterocycles. The van der Waals surface area contributed by atoms with Crippen molar-refractivity contribution in [3.05, 3.63) is 147 Å². The Morgan fingerprint density at radius 2 is 1.12 bits per heavy atom. The number of fused-ring (bicyclic) bond motifs is 2. The first kappa shape index (κ1) is 55.4. The van der Waals surface area contributed by atoms with E-state index in [1.165, 1.54) is 32.6 Å². The second-order valence-electron chi connectivity index (χ2n) is 19.0. The molecule has 69 heavy (non-hydrogen) atoms. The molecule has 0 saturated carbocycles. The molecule has 0 aliphatic heterocycles. The quantitative estimate of drug-likeness (QED) is 0.0367. The number of allylic oxidation sites excluding steroid dienone is 6. The first-order valence-corrected chi connectivity index (χ1v) is 26.8. The molecule has 10 heteroatoms. The molecule has 0 amide bonds. The number of unbranched alkanes of at least 4 members (excludes halogenated alkanes) is 4. The zero-order chi connectivity index (χ0) is 49.2. The Bertz CT molecular complexity index is 2710. The predicted octanol–water partition coefficient (Wildman–Crippen LogP) is 16.6. The molecule has 368 valence electrons. The van der Waals surface area contributed by atoms with E-state index in [0.29, 0.717) is 15.9 Å². The van der Waals surface area contributed by atoms with Gasteiger partial charge in [0.1, 0.15) is 23.0 Å². The summed E-state index contributed by atoms with van der Waals surface area (Å²) in [5.74, 6) is 1.23. The zero-order valence-corrected chi connectivity index (χ0v) is 44.0. The minimum absolute atomic E-state index is 0. The number of halogens is 1. The fourth-order valence-electron chi connectivity index (χ4n) is 9.91. The van der Waals surface area contributed by atoms with E-state index < -0.39 is 7.12 Å². The van der Waals surface area contributed by atoms with Crippen molar-refractivity contribution in [3.8, 4) is 33.4 Å². The SMILES string of the molecule is C.C=C(C)[C@@H]1CCC(C)=C[C@H]1c1c(O)cc(CCCCC)c(-c2cc3ccccc3s2)c1O.C=C(C)[C@@H]1CCC(C)=C[C@H]1c1c(O)cc(CCCCC)c(Br)c1O.OB(O)c1cc2ccccc2s1. The number of thiophene rings is 2. The molecular formula is C59H74BBrO6S2. The van der Waals surface area contributed by atoms with Gasteiger partial charge in [0.2, 0.25) is 0 Å². The highest BCUT2D eigenvalue weighted by atomic mass is 79.9. The predicted molar refractivity (Wildman–Crippen MR) is 301 cm³/mol. The van der Waals surface area contributed by atoms with Crippen LogP contribution in [-0.4, -0.2) is 37.6 Å². The Balaban J connectivity index is 0.000000210. The summed E-state index contributed by atoms with van der Waals surface area (Å²) in [7, 11) is -1.35. The van der Waals surface area contributed by atoms with E-state index in [1.54, 1.807) is 17.4 Å². The fraction of sp³-hybridized carbons (Fsp3) is 0.390. The number of hydrogen-bond donors (Lipinski definition) is 6. The van der Waals surface area contributed by atoms with E-state index >= 15 is 0 Å². The lowest BCUT2D eigenvalue weighted by Crippen LogP contribution is -2.26. The average molecular weight is 1030 g/mol. The number of benzene rings is 4. The lowest BCUT2D eigenvalue weighted by molar-refractivity contribution is 0.404. The van der Waals surface area contributed by atoms with Crippen LogP contribution in [0.15, 0.2) is 125 Å². The van der Waals surface area contributed by atoms with Crippen LogP contribution in [0, 0.1) is 11.8 Å². The summed E-state index contributed by atoms with van der Waals surface area (Å²) in [5.41, 5.74) is 9.02. The summed E-state index contributed by atoms with van der Waals surface area (Å²) in [6.07, 6.45) is 16.9. The van der Waals surface area contributed by atoms with E-state index in [-0.39, 0.29) is 54.1 Å². The first-order chi connectivity index (χ1) is 32.5. The third-order valence-electron chi connectivity index (χ3n) is 13.6. The maximum Gasteiger partial charge on any atom is 0.499 e. The number of aryl methyl sites for hydroxylation is 2. The van der Waals surface area contributed by atoms with Crippen molar-refractivity contribution in [2.45, 2.75) is 138 Å². The Labute approximate surface area is 428 Å². The van der Waals surface area contributed by atoms with Gasteiger partial charge in [0.25, 0.3) is 0 Å². The van der Waals surface area contributed by atoms with Crippen LogP contribution >= 0.6 is 38.6 Å². The third kappa shape index (κ3) is 13.4. The number of rotatable bonds is 14. The lowest BCUT2D eigenvalue weighted by Gasteiger charge is -2.32. The van der Waals surface area contributed by atoms with Gasteiger partial charge in [0.15, 0.2) is 0 Å². The van der Waals surface area contributed by atoms with Crippen LogP contribution in [0.25, 0.3) is 30.6 Å². The molecule has 2 aliphatic rings. The topological polar surface area (TPSA) is 121 Å². The summed E-state index contributed by atoms with van der Waals surface area (Å²) >= 11 is 6.67. The Kier molecular flexibility index (Phi) is 20.5. The van der Waals surface area contributed by atoms with Crippen molar-refractivity contribution < 1.29 is 30.5 Å². The summed E-state index contributed by atoms with van der Waals surface area (Å²) < 4.78 is 3.62. The number of hydrogen-bond acceptors (Lipinski definition) is 8. The molecule has 2 heterocycles. The molecule has 6 nitrogen and oxygen atoms in total. The minimum Gasteiger partial charge on any atom is -0.507 e. The zero-order valence-electron chi connectivity index (χ0n) is 40.7. The molecule has 0 fully saturated rings. The van der Waals surface area contributed by atoms with Gasteiger partial charge in [-0.15, -0.1) is 22.7 Å². The molecular weight excluding hydrogens is 959 g/mol. The molecule has 0 radical (unpaired) electrons. The van der Waals surface area contributed by atoms with Crippen LogP contribution in [-0.2, 0) is 12.8 Å². The number of phenolic OH excluding ortho intramolecular Hbond substituents is 4. The average Bonchev–Trinajstić information content (AvgIpc) is 3.94. The van der Waals surface area contributed by atoms with Gasteiger partial charge >= 0.3 is 7.12 Å². The monoisotopic (exact) mass is 1030 g/mol. The van der Waals surface area contributed by atoms with Gasteiger partial charge in [-0.1, -0.05) is 131 Å². The molecule has 6 N–H and O–H groups in total. The summed E-state index contributed by atoms with van der Waals surface area (Å²) in [6, 6.07) is 23.9. The van der Waals surface area contributed by atoms with Crippen LogP contribution in [0.2, 0.25) is 0 Å². The molecule has 0 bridgehead atoms. The third-order valence-corrected chi connectivity index (χ3v) is 16.8. The van der Waals surface area contributed by atoms with Crippen molar-refractivity contribution >= 4 is 70.7 Å².